The lowest BCUT2D eigenvalue weighted by atomic mass is 10.4. The number of anilines is 2. The Balaban J connectivity index is 2.13. The van der Waals surface area contributed by atoms with Crippen molar-refractivity contribution >= 4 is 23.2 Å². The lowest BCUT2D eigenvalue weighted by Crippen LogP contribution is -2.13. The zero-order valence-corrected chi connectivity index (χ0v) is 13.5. The maximum atomic E-state index is 5.55. The Labute approximate surface area is 128 Å². The van der Waals surface area contributed by atoms with Gasteiger partial charge in [-0.1, -0.05) is 0 Å². The van der Waals surface area contributed by atoms with Crippen LogP contribution in [0.2, 0.25) is 0 Å². The van der Waals surface area contributed by atoms with Crippen LogP contribution in [-0.4, -0.2) is 32.6 Å². The number of rotatable bonds is 7. The Kier molecular flexibility index (Phi) is 5.26. The first-order valence-corrected chi connectivity index (χ1v) is 7.76. The largest absolute Gasteiger partial charge is 0.461 e. The lowest BCUT2D eigenvalue weighted by Gasteiger charge is -2.11. The summed E-state index contributed by atoms with van der Waals surface area (Å²) in [5.41, 5.74) is 2.85. The molecule has 21 heavy (non-hydrogen) atoms. The van der Waals surface area contributed by atoms with Gasteiger partial charge < -0.3 is 15.4 Å². The number of nitrogens with zero attached hydrogens (tertiary/aromatic N) is 4. The Morgan fingerprint density at radius 2 is 1.90 bits per heavy atom. The van der Waals surface area contributed by atoms with Gasteiger partial charge in [0, 0.05) is 11.4 Å². The molecule has 0 fully saturated rings. The van der Waals surface area contributed by atoms with Crippen LogP contribution in [0.4, 0.5) is 11.9 Å². The molecule has 0 unspecified atom stereocenters. The molecule has 2 heterocycles. The number of nitrogens with one attached hydrogen (secondary N) is 2. The zero-order valence-electron chi connectivity index (χ0n) is 12.7. The van der Waals surface area contributed by atoms with Gasteiger partial charge in [-0.25, -0.2) is 4.98 Å². The van der Waals surface area contributed by atoms with Gasteiger partial charge in [-0.15, -0.1) is 11.3 Å². The standard InChI is InChI=1S/C13H20N6OS/c1-5-14-11-17-12(19-13(18-11)20-8(2)3)15-6-10-9(4)16-7-21-10/h7-8H,5-6H2,1-4H3,(H2,14,15,17,18,19). The van der Waals surface area contributed by atoms with Gasteiger partial charge in [0.05, 0.1) is 23.9 Å². The average Bonchev–Trinajstić information content (AvgIpc) is 2.81. The van der Waals surface area contributed by atoms with E-state index in [0.717, 1.165) is 17.1 Å². The summed E-state index contributed by atoms with van der Waals surface area (Å²) in [7, 11) is 0. The normalized spacial score (nSPS) is 10.7. The molecule has 0 aliphatic rings. The van der Waals surface area contributed by atoms with Crippen LogP contribution in [0, 0.1) is 6.92 Å². The van der Waals surface area contributed by atoms with Gasteiger partial charge in [-0.05, 0) is 27.7 Å². The molecule has 0 amide bonds. The summed E-state index contributed by atoms with van der Waals surface area (Å²) in [4.78, 5) is 18.2. The van der Waals surface area contributed by atoms with Crippen LogP contribution in [-0.2, 0) is 6.54 Å². The highest BCUT2D eigenvalue weighted by atomic mass is 32.1. The summed E-state index contributed by atoms with van der Waals surface area (Å²) < 4.78 is 5.55. The van der Waals surface area contributed by atoms with Crippen molar-refractivity contribution in [3.63, 3.8) is 0 Å². The van der Waals surface area contributed by atoms with Crippen LogP contribution in [0.15, 0.2) is 5.51 Å². The molecule has 0 radical (unpaired) electrons. The molecule has 0 aromatic carbocycles. The van der Waals surface area contributed by atoms with Crippen LogP contribution in [0.5, 0.6) is 6.01 Å². The van der Waals surface area contributed by atoms with Gasteiger partial charge in [-0.3, -0.25) is 0 Å². The Bertz CT molecular complexity index is 586. The fourth-order valence-electron chi connectivity index (χ4n) is 1.59. The van der Waals surface area contributed by atoms with Gasteiger partial charge >= 0.3 is 6.01 Å². The van der Waals surface area contributed by atoms with Gasteiger partial charge in [0.1, 0.15) is 0 Å². The molecule has 0 saturated heterocycles. The van der Waals surface area contributed by atoms with Crippen LogP contribution in [0.3, 0.4) is 0 Å². The first-order valence-electron chi connectivity index (χ1n) is 6.88. The van der Waals surface area contributed by atoms with Crippen molar-refractivity contribution in [2.24, 2.45) is 0 Å². The van der Waals surface area contributed by atoms with Crippen molar-refractivity contribution in [2.45, 2.75) is 40.3 Å². The average molecular weight is 308 g/mol. The Morgan fingerprint density at radius 1 is 1.19 bits per heavy atom. The molecular formula is C13H20N6OS. The van der Waals surface area contributed by atoms with Gasteiger partial charge in [-0.2, -0.15) is 15.0 Å². The summed E-state index contributed by atoms with van der Waals surface area (Å²) >= 11 is 1.61. The monoisotopic (exact) mass is 308 g/mol. The van der Waals surface area contributed by atoms with Crippen molar-refractivity contribution in [2.75, 3.05) is 17.2 Å². The topological polar surface area (TPSA) is 84.9 Å². The molecule has 7 nitrogen and oxygen atoms in total. The third kappa shape index (κ3) is 4.52. The van der Waals surface area contributed by atoms with Crippen molar-refractivity contribution in [1.29, 1.82) is 0 Å². The molecule has 0 spiro atoms. The summed E-state index contributed by atoms with van der Waals surface area (Å²) in [5, 5.41) is 6.26. The molecule has 0 saturated carbocycles. The number of aromatic nitrogens is 4. The smallest absolute Gasteiger partial charge is 0.323 e. The molecule has 0 aliphatic carbocycles. The highest BCUT2D eigenvalue weighted by molar-refractivity contribution is 7.09. The SMILES string of the molecule is CCNc1nc(NCc2scnc2C)nc(OC(C)C)n1. The fraction of sp³-hybridized carbons (Fsp3) is 0.538. The molecular weight excluding hydrogens is 288 g/mol. The van der Waals surface area contributed by atoms with Crippen LogP contribution in [0.25, 0.3) is 0 Å². The molecule has 2 aromatic rings. The highest BCUT2D eigenvalue weighted by Crippen LogP contribution is 2.16. The first-order chi connectivity index (χ1) is 10.1. The molecule has 2 aromatic heterocycles. The number of thiazole rings is 1. The molecule has 114 valence electrons. The summed E-state index contributed by atoms with van der Waals surface area (Å²) in [6.45, 7) is 9.21. The van der Waals surface area contributed by atoms with E-state index in [-0.39, 0.29) is 6.10 Å². The van der Waals surface area contributed by atoms with E-state index in [1.165, 1.54) is 0 Å². The third-order valence-corrected chi connectivity index (χ3v) is 3.48. The summed E-state index contributed by atoms with van der Waals surface area (Å²) in [6, 6.07) is 0.319. The summed E-state index contributed by atoms with van der Waals surface area (Å²) in [6.07, 6.45) is 0.0125. The van der Waals surface area contributed by atoms with Gasteiger partial charge in [0.25, 0.3) is 0 Å². The van der Waals surface area contributed by atoms with Crippen LogP contribution < -0.4 is 15.4 Å². The molecule has 0 atom stereocenters. The lowest BCUT2D eigenvalue weighted by molar-refractivity contribution is 0.222. The Morgan fingerprint density at radius 3 is 2.48 bits per heavy atom. The Hall–Kier alpha value is -1.96. The van der Waals surface area contributed by atoms with E-state index >= 15 is 0 Å². The first kappa shape index (κ1) is 15.4. The second kappa shape index (κ2) is 7.16. The zero-order chi connectivity index (χ0) is 15.2. The predicted molar refractivity (Wildman–Crippen MR) is 83.9 cm³/mol. The third-order valence-electron chi connectivity index (χ3n) is 2.54. The van der Waals surface area contributed by atoms with Crippen LogP contribution >= 0.6 is 11.3 Å². The van der Waals surface area contributed by atoms with E-state index < -0.39 is 0 Å². The minimum absolute atomic E-state index is 0.0125. The van der Waals surface area contributed by atoms with Crippen molar-refractivity contribution in [3.8, 4) is 6.01 Å². The number of hydrogen-bond donors (Lipinski definition) is 2. The molecule has 0 bridgehead atoms. The highest BCUT2D eigenvalue weighted by Gasteiger charge is 2.09. The van der Waals surface area contributed by atoms with E-state index in [1.807, 2.05) is 33.2 Å². The predicted octanol–water partition coefficient (Wildman–Crippen LogP) is 2.47. The van der Waals surface area contributed by atoms with E-state index in [9.17, 15) is 0 Å². The number of aryl methyl sites for hydroxylation is 1. The van der Waals surface area contributed by atoms with Gasteiger partial charge in [0.2, 0.25) is 11.9 Å². The molecule has 2 rings (SSSR count). The second-order valence-electron chi connectivity index (χ2n) is 4.68. The van der Waals surface area contributed by atoms with E-state index in [4.69, 9.17) is 4.74 Å². The van der Waals surface area contributed by atoms with Gasteiger partial charge in [0.15, 0.2) is 0 Å². The molecule has 2 N–H and O–H groups in total. The maximum absolute atomic E-state index is 5.55. The van der Waals surface area contributed by atoms with E-state index in [0.29, 0.717) is 24.5 Å². The molecule has 8 heteroatoms. The fourth-order valence-corrected chi connectivity index (χ4v) is 2.31. The van der Waals surface area contributed by atoms with Crippen LogP contribution in [0.1, 0.15) is 31.3 Å². The quantitative estimate of drug-likeness (QED) is 0.812. The maximum Gasteiger partial charge on any atom is 0.323 e. The molecule has 0 aliphatic heterocycles. The minimum atomic E-state index is 0.0125. The minimum Gasteiger partial charge on any atom is -0.461 e. The second-order valence-corrected chi connectivity index (χ2v) is 5.62. The van der Waals surface area contributed by atoms with E-state index in [2.05, 4.69) is 30.6 Å². The number of ether oxygens (including phenoxy) is 1. The van der Waals surface area contributed by atoms with Crippen molar-refractivity contribution in [1.82, 2.24) is 19.9 Å². The summed E-state index contributed by atoms with van der Waals surface area (Å²) in [5.74, 6) is 0.996. The van der Waals surface area contributed by atoms with Crippen molar-refractivity contribution in [3.05, 3.63) is 16.1 Å². The van der Waals surface area contributed by atoms with Crippen molar-refractivity contribution < 1.29 is 4.74 Å². The number of hydrogen-bond acceptors (Lipinski definition) is 8. The van der Waals surface area contributed by atoms with E-state index in [1.54, 1.807) is 11.3 Å².